The van der Waals surface area contributed by atoms with Crippen LogP contribution in [0.15, 0.2) is 155 Å². The summed E-state index contributed by atoms with van der Waals surface area (Å²) < 4.78 is 0. The van der Waals surface area contributed by atoms with Crippen LogP contribution in [0.2, 0.25) is 0 Å². The van der Waals surface area contributed by atoms with E-state index in [-0.39, 0.29) is 11.5 Å². The van der Waals surface area contributed by atoms with Gasteiger partial charge in [-0.3, -0.25) is 4.79 Å². The van der Waals surface area contributed by atoms with Crippen LogP contribution in [-0.2, 0) is 16.1 Å². The average Bonchev–Trinajstić information content (AvgIpc) is 3.66. The fourth-order valence-electron chi connectivity index (χ4n) is 10.8. The first-order valence-electron chi connectivity index (χ1n) is 19.6. The Morgan fingerprint density at radius 1 is 0.589 bits per heavy atom. The van der Waals surface area contributed by atoms with Crippen molar-refractivity contribution in [3.63, 3.8) is 0 Å². The van der Waals surface area contributed by atoms with Crippen LogP contribution in [0, 0.1) is 0 Å². The van der Waals surface area contributed by atoms with E-state index in [9.17, 15) is 9.90 Å². The first-order valence-corrected chi connectivity index (χ1v) is 19.6. The lowest BCUT2D eigenvalue weighted by Gasteiger charge is -2.42. The molecule has 4 N–H and O–H groups in total. The lowest BCUT2D eigenvalue weighted by Crippen LogP contribution is -2.46. The summed E-state index contributed by atoms with van der Waals surface area (Å²) >= 11 is 0. The van der Waals surface area contributed by atoms with Gasteiger partial charge in [-0.15, -0.1) is 0 Å². The Morgan fingerprint density at radius 3 is 2.04 bits per heavy atom. The third-order valence-electron chi connectivity index (χ3n) is 13.2. The number of rotatable bonds is 1. The van der Waals surface area contributed by atoms with E-state index in [1.165, 1.54) is 27.8 Å². The normalized spacial score (nSPS) is 24.1. The molecule has 7 aliphatic rings. The third kappa shape index (κ3) is 3.58. The van der Waals surface area contributed by atoms with Crippen molar-refractivity contribution >= 4 is 66.7 Å². The van der Waals surface area contributed by atoms with Gasteiger partial charge in [0.2, 0.25) is 5.78 Å². The van der Waals surface area contributed by atoms with Crippen molar-refractivity contribution in [1.29, 1.82) is 0 Å². The van der Waals surface area contributed by atoms with E-state index >= 15 is 0 Å². The summed E-state index contributed by atoms with van der Waals surface area (Å²) in [5.41, 5.74) is 12.3. The molecule has 13 rings (SSSR count). The summed E-state index contributed by atoms with van der Waals surface area (Å²) in [4.78, 5) is 20.5. The molecule has 6 nitrogen and oxygen atoms in total. The molecule has 266 valence electrons. The summed E-state index contributed by atoms with van der Waals surface area (Å²) in [6.07, 6.45) is 12.9. The van der Waals surface area contributed by atoms with Gasteiger partial charge < -0.3 is 21.1 Å². The average molecular weight is 723 g/mol. The number of aliphatic hydroxyl groups excluding tert-OH is 1. The van der Waals surface area contributed by atoms with Crippen LogP contribution in [-0.4, -0.2) is 10.9 Å². The Hall–Kier alpha value is -6.92. The summed E-state index contributed by atoms with van der Waals surface area (Å²) in [6.45, 7) is 0. The summed E-state index contributed by atoms with van der Waals surface area (Å²) in [5.74, 6) is -0.184. The molecule has 0 fully saturated rings. The van der Waals surface area contributed by atoms with Crippen LogP contribution >= 0.6 is 0 Å². The van der Waals surface area contributed by atoms with Crippen LogP contribution in [0.1, 0.15) is 53.5 Å². The zero-order chi connectivity index (χ0) is 36.9. The number of carbonyl (C=O) groups excluding carboxylic acids is 1. The molecule has 0 saturated carbocycles. The molecule has 2 unspecified atom stereocenters. The maximum atomic E-state index is 14.9. The van der Waals surface area contributed by atoms with Crippen molar-refractivity contribution < 1.29 is 9.90 Å². The quantitative estimate of drug-likeness (QED) is 0.136. The minimum atomic E-state index is -0.849. The van der Waals surface area contributed by atoms with Crippen molar-refractivity contribution in [2.45, 2.75) is 37.0 Å². The number of fused-ring (bicyclic) bond motifs is 8. The van der Waals surface area contributed by atoms with E-state index < -0.39 is 11.3 Å². The molecule has 5 aliphatic carbocycles. The Bertz CT molecular complexity index is 3220. The van der Waals surface area contributed by atoms with Crippen LogP contribution in [0.3, 0.4) is 0 Å². The second-order valence-corrected chi connectivity index (χ2v) is 15.9. The van der Waals surface area contributed by atoms with Crippen molar-refractivity contribution in [1.82, 2.24) is 0 Å². The molecule has 2 spiro atoms. The molecule has 6 aromatic carbocycles. The third-order valence-corrected chi connectivity index (χ3v) is 13.2. The molecule has 0 bridgehead atoms. The first-order chi connectivity index (χ1) is 27.6. The molecule has 2 heterocycles. The number of Topliss-reactive ketones (excluding diaryl/α,β-unsaturated/α-hetero) is 1. The van der Waals surface area contributed by atoms with E-state index in [4.69, 9.17) is 4.99 Å². The van der Waals surface area contributed by atoms with Gasteiger partial charge in [0.25, 0.3) is 0 Å². The number of hydrogen-bond donors (Lipinski definition) is 4. The van der Waals surface area contributed by atoms with Crippen LogP contribution in [0.4, 0.5) is 17.1 Å². The smallest absolute Gasteiger partial charge is 0.201 e. The Labute approximate surface area is 322 Å². The molecule has 56 heavy (non-hydrogen) atoms. The highest BCUT2D eigenvalue weighted by molar-refractivity contribution is 6.52. The van der Waals surface area contributed by atoms with Gasteiger partial charge in [0.1, 0.15) is 5.76 Å². The van der Waals surface area contributed by atoms with Gasteiger partial charge in [-0.1, -0.05) is 121 Å². The van der Waals surface area contributed by atoms with Gasteiger partial charge in [-0.05, 0) is 70.9 Å². The molecule has 0 aromatic heterocycles. The monoisotopic (exact) mass is 722 g/mol. The number of aliphatic hydroxyl groups is 1. The van der Waals surface area contributed by atoms with Crippen molar-refractivity contribution in [3.8, 4) is 0 Å². The highest BCUT2D eigenvalue weighted by Crippen LogP contribution is 2.56. The minimum absolute atomic E-state index is 0.00176. The number of ketones is 1. The number of allylic oxidation sites excluding steroid dienone is 6. The fourth-order valence-corrected chi connectivity index (χ4v) is 10.8. The second-order valence-electron chi connectivity index (χ2n) is 15.9. The minimum Gasteiger partial charge on any atom is -0.506 e. The Kier molecular flexibility index (Phi) is 5.66. The number of nitrogens with one attached hydrogen (secondary N) is 3. The van der Waals surface area contributed by atoms with Gasteiger partial charge in [0.05, 0.1) is 22.2 Å². The molecule has 0 saturated heterocycles. The number of nitrogens with zero attached hydrogens (tertiary/aromatic N) is 1. The number of benzene rings is 6. The Balaban J connectivity index is 1.05. The maximum Gasteiger partial charge on any atom is 0.201 e. The lowest BCUT2D eigenvalue weighted by atomic mass is 9.79. The summed E-state index contributed by atoms with van der Waals surface area (Å²) in [5, 5.41) is 29.5. The standard InChI is InChI=1S/C50H34N4O2/c55-47-43(33-25-23-27-11-9-21-39-41(27)45(33)53-49(51-39)35-17-5-1-13-29(35)30-14-2-6-18-36(30)49)48(56)44(47)34-26-24-28-12-10-22-40-42(28)46(34)54-50(52-40)37-19-7-3-15-31(37)32-16-4-8-20-38(32)50/h1,3,5-13,15,17-26,51-53,55H,2,4,14,16H2/b44-34+. The number of carbonyl (C=O) groups is 1. The van der Waals surface area contributed by atoms with Gasteiger partial charge >= 0.3 is 0 Å². The van der Waals surface area contributed by atoms with E-state index in [1.54, 1.807) is 0 Å². The van der Waals surface area contributed by atoms with E-state index in [2.05, 4.69) is 131 Å². The summed E-state index contributed by atoms with van der Waals surface area (Å²) in [6, 6.07) is 37.7. The van der Waals surface area contributed by atoms with Crippen molar-refractivity contribution in [2.24, 2.45) is 4.99 Å². The molecule has 0 radical (unpaired) electrons. The topological polar surface area (TPSA) is 85.8 Å². The Morgan fingerprint density at radius 2 is 1.25 bits per heavy atom. The first kappa shape index (κ1) is 30.4. The molecule has 6 heteroatoms. The van der Waals surface area contributed by atoms with E-state index in [0.29, 0.717) is 21.9 Å². The highest BCUT2D eigenvalue weighted by Gasteiger charge is 2.49. The van der Waals surface area contributed by atoms with Crippen LogP contribution in [0.5, 0.6) is 0 Å². The largest absolute Gasteiger partial charge is 0.506 e. The zero-order valence-corrected chi connectivity index (χ0v) is 30.3. The number of hydrogen-bond acceptors (Lipinski definition) is 6. The molecular formula is C50H34N4O2. The zero-order valence-electron chi connectivity index (χ0n) is 30.3. The SMILES string of the molecule is O=C1C(c2ccc3cccc4c3c2NC2(N4)C3=C(CCC=C3)c3ccccc32)=C(O)/C1=c1/ccc2cccc3c2c1=NC1(N3)C2=C(CCC=C2)c2ccccc21. The predicted octanol–water partition coefficient (Wildman–Crippen LogP) is 9.52. The molecular weight excluding hydrogens is 689 g/mol. The van der Waals surface area contributed by atoms with Crippen molar-refractivity contribution in [3.05, 3.63) is 189 Å². The fraction of sp³-hybridized carbons (Fsp3) is 0.120. The maximum absolute atomic E-state index is 14.9. The molecule has 2 atom stereocenters. The van der Waals surface area contributed by atoms with Gasteiger partial charge in [0.15, 0.2) is 11.3 Å². The summed E-state index contributed by atoms with van der Waals surface area (Å²) in [7, 11) is 0. The second kappa shape index (κ2) is 10.4. The molecule has 6 aromatic rings. The predicted molar refractivity (Wildman–Crippen MR) is 224 cm³/mol. The van der Waals surface area contributed by atoms with Gasteiger partial charge in [-0.2, -0.15) is 0 Å². The van der Waals surface area contributed by atoms with Gasteiger partial charge in [0, 0.05) is 55.2 Å². The van der Waals surface area contributed by atoms with Gasteiger partial charge in [-0.25, -0.2) is 4.99 Å². The van der Waals surface area contributed by atoms with Crippen LogP contribution in [0.25, 0.3) is 43.8 Å². The molecule has 0 amide bonds. The van der Waals surface area contributed by atoms with E-state index in [1.807, 2.05) is 18.2 Å². The van der Waals surface area contributed by atoms with Crippen LogP contribution < -0.4 is 26.5 Å². The van der Waals surface area contributed by atoms with E-state index in [0.717, 1.165) is 86.3 Å². The van der Waals surface area contributed by atoms with Crippen molar-refractivity contribution in [2.75, 3.05) is 16.0 Å². The molecule has 2 aliphatic heterocycles. The lowest BCUT2D eigenvalue weighted by molar-refractivity contribution is -0.109. The number of anilines is 3. The highest BCUT2D eigenvalue weighted by atomic mass is 16.3.